The van der Waals surface area contributed by atoms with Crippen LogP contribution in [-0.4, -0.2) is 167 Å². The molecular weight excluding hydrogens is 1100 g/mol. The number of aromatic nitrogens is 7. The first-order valence-corrected chi connectivity index (χ1v) is 28.4. The van der Waals surface area contributed by atoms with Gasteiger partial charge in [0.1, 0.15) is 35.8 Å². The van der Waals surface area contributed by atoms with E-state index in [0.29, 0.717) is 109 Å². The van der Waals surface area contributed by atoms with Gasteiger partial charge in [-0.1, -0.05) is 35.9 Å². The number of aryl methyl sites for hydroxylation is 3. The number of rotatable bonds is 26. The van der Waals surface area contributed by atoms with Gasteiger partial charge in [0.25, 0.3) is 0 Å². The number of likely N-dealkylation sites (tertiary alicyclic amines) is 1. The summed E-state index contributed by atoms with van der Waals surface area (Å²) in [5, 5.41) is 31.9. The van der Waals surface area contributed by atoms with Crippen molar-refractivity contribution in [2.45, 2.75) is 66.1 Å². The molecule has 4 aromatic heterocycles. The Morgan fingerprint density at radius 3 is 2.16 bits per heavy atom. The molecule has 1 fully saturated rings. The molecule has 6 heterocycles. The standard InChI is InChI=1S/C57H67ClFN13O9S/c1-34-36(3)82-57-53(34)55(39-9-11-41(58)12-10-39)65-45(56-67-66-37(4)72(56)57)27-48(73)60-15-19-79-21-23-81-24-22-80-20-16-61-50(75)32-69-17-13-38(14-18-69)31-70-47-26-43(44(59)25-40(47)28-64-70)42-7-6-8-46-54(42)35(2)68-71(46)33-51(76)62-29-49(74)63-30-52(77)78-5/h6-12,25-26,28,38,45H,13-24,27,29-33H2,1-5H3,(H,60,73)(H,61,75)(H,62,76)(H,63,74)/t45-/m0/s1. The number of esters is 1. The van der Waals surface area contributed by atoms with Gasteiger partial charge in [-0.05, 0) is 101 Å². The van der Waals surface area contributed by atoms with Gasteiger partial charge in [0.05, 0.1) is 94.9 Å². The molecule has 0 aliphatic carbocycles. The zero-order chi connectivity index (χ0) is 57.9. The zero-order valence-electron chi connectivity index (χ0n) is 46.5. The summed E-state index contributed by atoms with van der Waals surface area (Å²) in [4.78, 5) is 70.8. The number of amides is 4. The lowest BCUT2D eigenvalue weighted by Crippen LogP contribution is -2.42. The Kier molecular flexibility index (Phi) is 19.9. The van der Waals surface area contributed by atoms with Crippen LogP contribution in [0.3, 0.4) is 0 Å². The van der Waals surface area contributed by atoms with Crippen LogP contribution in [0.5, 0.6) is 0 Å². The number of hydrogen-bond donors (Lipinski definition) is 4. The molecule has 0 spiro atoms. The number of nitrogens with zero attached hydrogens (tertiary/aromatic N) is 9. The molecule has 2 aliphatic heterocycles. The van der Waals surface area contributed by atoms with Crippen LogP contribution in [0.4, 0.5) is 4.39 Å². The second kappa shape index (κ2) is 27.5. The summed E-state index contributed by atoms with van der Waals surface area (Å²) in [6.07, 6.45) is 3.48. The Hall–Kier alpha value is -7.48. The van der Waals surface area contributed by atoms with Gasteiger partial charge in [-0.3, -0.25) is 47.8 Å². The molecule has 3 aromatic carbocycles. The van der Waals surface area contributed by atoms with E-state index in [1.165, 1.54) is 22.7 Å². The van der Waals surface area contributed by atoms with Crippen LogP contribution < -0.4 is 21.3 Å². The van der Waals surface area contributed by atoms with Crippen molar-refractivity contribution >= 4 is 80.1 Å². The number of methoxy groups -OCH3 is 1. The smallest absolute Gasteiger partial charge is 0.325 e. The van der Waals surface area contributed by atoms with E-state index in [-0.39, 0.29) is 44.4 Å². The lowest BCUT2D eigenvalue weighted by Gasteiger charge is -2.31. The largest absolute Gasteiger partial charge is 0.468 e. The van der Waals surface area contributed by atoms with Crippen molar-refractivity contribution in [3.05, 3.63) is 111 Å². The molecule has 4 N–H and O–H groups in total. The summed E-state index contributed by atoms with van der Waals surface area (Å²) in [5.41, 5.74) is 6.83. The maximum absolute atomic E-state index is 15.9. The third kappa shape index (κ3) is 14.4. The molecule has 22 nitrogen and oxygen atoms in total. The van der Waals surface area contributed by atoms with Gasteiger partial charge in [-0.15, -0.1) is 21.5 Å². The summed E-state index contributed by atoms with van der Waals surface area (Å²) in [6.45, 7) is 12.3. The molecule has 82 heavy (non-hydrogen) atoms. The summed E-state index contributed by atoms with van der Waals surface area (Å²) < 4.78 is 42.9. The van der Waals surface area contributed by atoms with Crippen LogP contribution in [-0.2, 0) is 56.0 Å². The van der Waals surface area contributed by atoms with Crippen molar-refractivity contribution in [2.75, 3.05) is 92.6 Å². The summed E-state index contributed by atoms with van der Waals surface area (Å²) in [7, 11) is 1.21. The fourth-order valence-corrected chi connectivity index (χ4v) is 11.5. The molecule has 7 aromatic rings. The number of benzene rings is 3. The highest BCUT2D eigenvalue weighted by Gasteiger charge is 2.33. The Morgan fingerprint density at radius 1 is 0.756 bits per heavy atom. The van der Waals surface area contributed by atoms with Crippen molar-refractivity contribution in [2.24, 2.45) is 10.9 Å². The predicted molar refractivity (Wildman–Crippen MR) is 307 cm³/mol. The molecule has 434 valence electrons. The maximum atomic E-state index is 15.9. The number of halogens is 2. The van der Waals surface area contributed by atoms with Crippen molar-refractivity contribution in [1.29, 1.82) is 0 Å². The lowest BCUT2D eigenvalue weighted by molar-refractivity contribution is -0.141. The van der Waals surface area contributed by atoms with Crippen LogP contribution in [0.15, 0.2) is 65.8 Å². The van der Waals surface area contributed by atoms with Crippen LogP contribution in [0, 0.1) is 39.4 Å². The molecule has 0 bridgehead atoms. The Labute approximate surface area is 482 Å². The van der Waals surface area contributed by atoms with Crippen molar-refractivity contribution < 1.29 is 47.3 Å². The minimum absolute atomic E-state index is 0.0699. The minimum Gasteiger partial charge on any atom is -0.468 e. The van der Waals surface area contributed by atoms with Gasteiger partial charge in [0.2, 0.25) is 23.6 Å². The molecule has 1 atom stereocenters. The number of thiophene rings is 1. The Bertz CT molecular complexity index is 3480. The fourth-order valence-electron chi connectivity index (χ4n) is 10.2. The number of carbonyl (C=O) groups is 5. The van der Waals surface area contributed by atoms with Crippen LogP contribution in [0.2, 0.25) is 5.02 Å². The van der Waals surface area contributed by atoms with Crippen LogP contribution >= 0.6 is 22.9 Å². The van der Waals surface area contributed by atoms with Gasteiger partial charge >= 0.3 is 5.97 Å². The summed E-state index contributed by atoms with van der Waals surface area (Å²) in [6, 6.07) is 15.7. The molecule has 0 unspecified atom stereocenters. The van der Waals surface area contributed by atoms with E-state index < -0.39 is 29.6 Å². The molecular formula is C57H67ClFN13O9S. The molecule has 0 saturated carbocycles. The highest BCUT2D eigenvalue weighted by atomic mass is 35.5. The van der Waals surface area contributed by atoms with Crippen molar-refractivity contribution in [3.63, 3.8) is 0 Å². The average molecular weight is 1160 g/mol. The van der Waals surface area contributed by atoms with E-state index in [2.05, 4.69) is 65.1 Å². The second-order valence-corrected chi connectivity index (χ2v) is 21.8. The third-order valence-corrected chi connectivity index (χ3v) is 15.9. The fraction of sp³-hybridized carbons (Fsp3) is 0.439. The Morgan fingerprint density at radius 2 is 1.44 bits per heavy atom. The third-order valence-electron chi connectivity index (χ3n) is 14.5. The normalized spacial score (nSPS) is 14.5. The zero-order valence-corrected chi connectivity index (χ0v) is 48.1. The van der Waals surface area contributed by atoms with E-state index in [1.54, 1.807) is 36.6 Å². The SMILES string of the molecule is COC(=O)CNC(=O)CNC(=O)Cn1nc(C)c2c(-c3cc4c(cnn4CC4CCN(CC(=O)NCCOCCOCCOCCNC(=O)C[C@@H]5N=C(c6ccc(Cl)cc6)c6c(sc(C)c6C)-n6c(C)nnc65)CC4)cc3F)cccc21. The summed E-state index contributed by atoms with van der Waals surface area (Å²) >= 11 is 7.90. The van der Waals surface area contributed by atoms with Gasteiger partial charge < -0.3 is 40.2 Å². The van der Waals surface area contributed by atoms with Crippen LogP contribution in [0.1, 0.15) is 64.2 Å². The van der Waals surface area contributed by atoms with Crippen LogP contribution in [0.25, 0.3) is 37.9 Å². The number of piperidine rings is 1. The monoisotopic (exact) mass is 1160 g/mol. The quantitative estimate of drug-likeness (QED) is 0.0407. The second-order valence-electron chi connectivity index (χ2n) is 20.2. The number of fused-ring (bicyclic) bond motifs is 5. The number of aliphatic imine (C=N–C) groups is 1. The first kappa shape index (κ1) is 59.2. The van der Waals surface area contributed by atoms with E-state index in [1.807, 2.05) is 52.6 Å². The first-order chi connectivity index (χ1) is 39.6. The topological polar surface area (TPSA) is 252 Å². The van der Waals surface area contributed by atoms with E-state index in [4.69, 9.17) is 30.8 Å². The number of hydrogen-bond acceptors (Lipinski definition) is 16. The highest BCUT2D eigenvalue weighted by Crippen LogP contribution is 2.40. The molecule has 25 heteroatoms. The lowest BCUT2D eigenvalue weighted by atomic mass is 9.96. The van der Waals surface area contributed by atoms with Gasteiger partial charge in [0, 0.05) is 57.0 Å². The Balaban J connectivity index is 0.637. The van der Waals surface area contributed by atoms with Crippen molar-refractivity contribution in [1.82, 2.24) is 60.5 Å². The van der Waals surface area contributed by atoms with E-state index in [0.717, 1.165) is 64.7 Å². The van der Waals surface area contributed by atoms with E-state index >= 15 is 4.39 Å². The number of ether oxygens (including phenoxy) is 4. The summed E-state index contributed by atoms with van der Waals surface area (Å²) in [5.74, 6) is -0.653. The van der Waals surface area contributed by atoms with Gasteiger partial charge in [-0.25, -0.2) is 4.39 Å². The molecule has 9 rings (SSSR count). The van der Waals surface area contributed by atoms with Crippen molar-refractivity contribution in [3.8, 4) is 16.1 Å². The number of carbonyl (C=O) groups excluding carboxylic acids is 5. The molecule has 2 aliphatic rings. The molecule has 1 saturated heterocycles. The first-order valence-electron chi connectivity index (χ1n) is 27.2. The highest BCUT2D eigenvalue weighted by molar-refractivity contribution is 7.15. The van der Waals surface area contributed by atoms with Gasteiger partial charge in [-0.2, -0.15) is 10.2 Å². The predicted octanol–water partition coefficient (Wildman–Crippen LogP) is 5.10. The maximum Gasteiger partial charge on any atom is 0.325 e. The van der Waals surface area contributed by atoms with Gasteiger partial charge in [0.15, 0.2) is 5.82 Å². The molecule has 0 radical (unpaired) electrons. The average Bonchev–Trinajstić information content (AvgIpc) is 4.34. The van der Waals surface area contributed by atoms with E-state index in [9.17, 15) is 24.0 Å². The molecule has 4 amide bonds. The number of nitrogens with one attached hydrogen (secondary N) is 4. The minimum atomic E-state index is -0.610.